The molecule has 4 rings (SSSR count). The first-order valence-electron chi connectivity index (χ1n) is 14.1. The zero-order valence-corrected chi connectivity index (χ0v) is 24.0. The molecule has 0 radical (unpaired) electrons. The van der Waals surface area contributed by atoms with Gasteiger partial charge in [-0.05, 0) is 89.9 Å². The monoisotopic (exact) mass is 628 g/mol. The number of unbranched alkanes of at least 4 members (excludes halogenated alkanes) is 1. The predicted octanol–water partition coefficient (Wildman–Crippen LogP) is 9.59. The lowest BCUT2D eigenvalue weighted by atomic mass is 9.92. The van der Waals surface area contributed by atoms with Gasteiger partial charge in [0.1, 0.15) is 18.2 Å². The first-order chi connectivity index (χ1) is 21.4. The van der Waals surface area contributed by atoms with Crippen LogP contribution in [0.4, 0.5) is 26.3 Å². The minimum absolute atomic E-state index is 0.0217. The van der Waals surface area contributed by atoms with Crippen molar-refractivity contribution in [2.24, 2.45) is 5.92 Å². The summed E-state index contributed by atoms with van der Waals surface area (Å²) in [6.07, 6.45) is 0.572. The Labute approximate surface area is 256 Å². The zero-order chi connectivity index (χ0) is 32.6. The highest BCUT2D eigenvalue weighted by atomic mass is 19.4. The molecule has 0 fully saturated rings. The molecule has 10 heteroatoms. The number of carboxylic acid groups (broad SMARTS) is 1. The Hall–Kier alpha value is -4.73. The number of aliphatic carboxylic acids is 1. The number of rotatable bonds is 13. The summed E-state index contributed by atoms with van der Waals surface area (Å²) in [6, 6.07) is 18.0. The first kappa shape index (κ1) is 33.2. The molecule has 0 aliphatic rings. The minimum atomic E-state index is -4.41. The van der Waals surface area contributed by atoms with E-state index in [1.807, 2.05) is 0 Å². The number of carbonyl (C=O) groups is 1. The number of phenolic OH excluding ortho intramolecular Hbond substituents is 1. The number of hydrogen-bond acceptors (Lipinski definition) is 3. The van der Waals surface area contributed by atoms with Gasteiger partial charge >= 0.3 is 12.1 Å². The standard InChI is InChI=1S/C35H30F6O4/c36-29-15-16-32(45-21-23-6-8-25(9-7-23)26-11-13-28(14-12-26)35(39,40)41)27(20-29)10-5-22(3-1-2-4-33(42)43)17-24-18-30(37)34(44)31(38)19-24/h5-16,18-20,22,44H,1-4,17,21H2,(H,42,43)/b10-5+/t22-/m0/s1. The van der Waals surface area contributed by atoms with Gasteiger partial charge in [-0.3, -0.25) is 4.79 Å². The summed E-state index contributed by atoms with van der Waals surface area (Å²) < 4.78 is 86.7. The van der Waals surface area contributed by atoms with Crippen molar-refractivity contribution >= 4 is 12.0 Å². The van der Waals surface area contributed by atoms with Crippen LogP contribution in [0.1, 0.15) is 47.9 Å². The smallest absolute Gasteiger partial charge is 0.416 e. The second-order valence-electron chi connectivity index (χ2n) is 10.6. The zero-order valence-electron chi connectivity index (χ0n) is 24.0. The van der Waals surface area contributed by atoms with E-state index in [4.69, 9.17) is 9.84 Å². The van der Waals surface area contributed by atoms with Crippen LogP contribution < -0.4 is 4.74 Å². The topological polar surface area (TPSA) is 66.8 Å². The van der Waals surface area contributed by atoms with Gasteiger partial charge in [0, 0.05) is 12.0 Å². The molecule has 0 aromatic heterocycles. The van der Waals surface area contributed by atoms with Gasteiger partial charge in [0.15, 0.2) is 17.4 Å². The Balaban J connectivity index is 1.47. The van der Waals surface area contributed by atoms with E-state index in [0.29, 0.717) is 41.7 Å². The highest BCUT2D eigenvalue weighted by molar-refractivity contribution is 5.66. The van der Waals surface area contributed by atoms with Crippen LogP contribution in [0.25, 0.3) is 17.2 Å². The molecule has 0 heterocycles. The second-order valence-corrected chi connectivity index (χ2v) is 10.6. The fourth-order valence-corrected chi connectivity index (χ4v) is 4.81. The molecule has 0 aliphatic heterocycles. The number of benzene rings is 4. The summed E-state index contributed by atoms with van der Waals surface area (Å²) in [6.45, 7) is 0.116. The molecule has 0 spiro atoms. The Morgan fingerprint density at radius 3 is 2.04 bits per heavy atom. The van der Waals surface area contributed by atoms with Crippen molar-refractivity contribution in [1.29, 1.82) is 0 Å². The lowest BCUT2D eigenvalue weighted by Gasteiger charge is -2.15. The average molecular weight is 629 g/mol. The molecule has 0 saturated carbocycles. The largest absolute Gasteiger partial charge is 0.503 e. The molecule has 4 aromatic rings. The Morgan fingerprint density at radius 1 is 0.822 bits per heavy atom. The summed E-state index contributed by atoms with van der Waals surface area (Å²) in [5.74, 6) is -4.62. The highest BCUT2D eigenvalue weighted by Gasteiger charge is 2.30. The molecule has 0 bridgehead atoms. The number of allylic oxidation sites excluding steroid dienone is 1. The van der Waals surface area contributed by atoms with Crippen molar-refractivity contribution in [3.8, 4) is 22.6 Å². The van der Waals surface area contributed by atoms with Crippen LogP contribution in [0.2, 0.25) is 0 Å². The van der Waals surface area contributed by atoms with Crippen molar-refractivity contribution in [2.45, 2.75) is 44.9 Å². The number of hydrogen-bond donors (Lipinski definition) is 2. The van der Waals surface area contributed by atoms with Crippen molar-refractivity contribution in [1.82, 2.24) is 0 Å². The van der Waals surface area contributed by atoms with Gasteiger partial charge in [0.05, 0.1) is 5.56 Å². The lowest BCUT2D eigenvalue weighted by Crippen LogP contribution is -2.04. The molecule has 4 nitrogen and oxygen atoms in total. The van der Waals surface area contributed by atoms with Crippen molar-refractivity contribution < 1.29 is 46.1 Å². The molecule has 4 aromatic carbocycles. The highest BCUT2D eigenvalue weighted by Crippen LogP contribution is 2.32. The number of halogens is 6. The van der Waals surface area contributed by atoms with E-state index in [2.05, 4.69) is 0 Å². The third-order valence-corrected chi connectivity index (χ3v) is 7.20. The lowest BCUT2D eigenvalue weighted by molar-refractivity contribution is -0.138. The van der Waals surface area contributed by atoms with Crippen molar-refractivity contribution in [3.63, 3.8) is 0 Å². The SMILES string of the molecule is O=C(O)CCCC[C@@H](/C=C/c1cc(F)ccc1OCc1ccc(-c2ccc(C(F)(F)F)cc2)cc1)Cc1cc(F)c(O)c(F)c1. The normalized spacial score (nSPS) is 12.4. The van der Waals surface area contributed by atoms with Crippen LogP contribution >= 0.6 is 0 Å². The summed E-state index contributed by atoms with van der Waals surface area (Å²) in [7, 11) is 0. The van der Waals surface area contributed by atoms with E-state index in [-0.39, 0.29) is 25.4 Å². The van der Waals surface area contributed by atoms with E-state index in [9.17, 15) is 36.2 Å². The Bertz CT molecular complexity index is 1610. The number of alkyl halides is 3. The molecule has 0 unspecified atom stereocenters. The molecular weight excluding hydrogens is 598 g/mol. The molecule has 0 saturated heterocycles. The predicted molar refractivity (Wildman–Crippen MR) is 158 cm³/mol. The fourth-order valence-electron chi connectivity index (χ4n) is 4.81. The van der Waals surface area contributed by atoms with Gasteiger partial charge in [-0.1, -0.05) is 55.0 Å². The van der Waals surface area contributed by atoms with E-state index in [1.54, 1.807) is 36.4 Å². The maximum atomic E-state index is 14.2. The summed E-state index contributed by atoms with van der Waals surface area (Å²) in [4.78, 5) is 10.9. The van der Waals surface area contributed by atoms with Gasteiger partial charge in [-0.25, -0.2) is 13.2 Å². The van der Waals surface area contributed by atoms with Crippen LogP contribution in [-0.4, -0.2) is 16.2 Å². The quantitative estimate of drug-likeness (QED) is 0.114. The van der Waals surface area contributed by atoms with Crippen LogP contribution in [0.3, 0.4) is 0 Å². The van der Waals surface area contributed by atoms with Gasteiger partial charge in [0.2, 0.25) is 0 Å². The molecule has 1 atom stereocenters. The van der Waals surface area contributed by atoms with Crippen LogP contribution in [0.15, 0.2) is 84.9 Å². The third kappa shape index (κ3) is 9.63. The first-order valence-corrected chi connectivity index (χ1v) is 14.1. The van der Waals surface area contributed by atoms with Crippen LogP contribution in [0.5, 0.6) is 11.5 Å². The molecule has 236 valence electrons. The Kier molecular flexibility index (Phi) is 10.9. The maximum absolute atomic E-state index is 14.2. The number of ether oxygens (including phenoxy) is 1. The van der Waals surface area contributed by atoms with Crippen LogP contribution in [0, 0.1) is 23.4 Å². The molecule has 0 aliphatic carbocycles. The third-order valence-electron chi connectivity index (χ3n) is 7.20. The maximum Gasteiger partial charge on any atom is 0.416 e. The molecular formula is C35H30F6O4. The van der Waals surface area contributed by atoms with E-state index >= 15 is 0 Å². The summed E-state index contributed by atoms with van der Waals surface area (Å²) >= 11 is 0. The average Bonchev–Trinajstić information content (AvgIpc) is 3.00. The number of carboxylic acids is 1. The van der Waals surface area contributed by atoms with Crippen LogP contribution in [-0.2, 0) is 24.0 Å². The number of aromatic hydroxyl groups is 1. The summed E-state index contributed by atoms with van der Waals surface area (Å²) in [5.41, 5.74) is 2.09. The minimum Gasteiger partial charge on any atom is -0.503 e. The Morgan fingerprint density at radius 2 is 1.44 bits per heavy atom. The van der Waals surface area contributed by atoms with E-state index in [1.165, 1.54) is 30.3 Å². The van der Waals surface area contributed by atoms with Gasteiger partial charge < -0.3 is 14.9 Å². The second kappa shape index (κ2) is 14.8. The van der Waals surface area contributed by atoms with E-state index < -0.39 is 40.9 Å². The molecule has 45 heavy (non-hydrogen) atoms. The van der Waals surface area contributed by atoms with Crippen molar-refractivity contribution in [2.75, 3.05) is 0 Å². The van der Waals surface area contributed by atoms with Gasteiger partial charge in [0.25, 0.3) is 0 Å². The summed E-state index contributed by atoms with van der Waals surface area (Å²) in [5, 5.41) is 18.4. The van der Waals surface area contributed by atoms with E-state index in [0.717, 1.165) is 35.4 Å². The fraction of sp³-hybridized carbons (Fsp3) is 0.229. The molecule has 0 amide bonds. The van der Waals surface area contributed by atoms with Gasteiger partial charge in [-0.2, -0.15) is 13.2 Å². The van der Waals surface area contributed by atoms with Gasteiger partial charge in [-0.15, -0.1) is 0 Å². The number of phenols is 1. The van der Waals surface area contributed by atoms with Crippen molar-refractivity contribution in [3.05, 3.63) is 125 Å². The molecule has 2 N–H and O–H groups in total.